The number of hydrogen-bond acceptors (Lipinski definition) is 4. The van der Waals surface area contributed by atoms with Gasteiger partial charge in [0.25, 0.3) is 0 Å². The predicted octanol–water partition coefficient (Wildman–Crippen LogP) is 2.66. The van der Waals surface area contributed by atoms with Crippen molar-refractivity contribution in [3.05, 3.63) is 42.4 Å². The van der Waals surface area contributed by atoms with E-state index in [1.165, 1.54) is 19.3 Å². The molecule has 2 unspecified atom stereocenters. The highest BCUT2D eigenvalue weighted by atomic mass is 16.5. The SMILES string of the molecule is CC1CCCCC1OCCNC(=O)NCc1ccnc(-n2cccn2)c1. The van der Waals surface area contributed by atoms with Gasteiger partial charge in [0.2, 0.25) is 0 Å². The number of amides is 2. The van der Waals surface area contributed by atoms with Crippen molar-refractivity contribution in [2.24, 2.45) is 5.92 Å². The number of nitrogens with zero attached hydrogens (tertiary/aromatic N) is 3. The molecule has 2 atom stereocenters. The Bertz CT molecular complexity index is 689. The van der Waals surface area contributed by atoms with Gasteiger partial charge in [-0.05, 0) is 42.5 Å². The minimum absolute atomic E-state index is 0.192. The molecule has 2 amide bonds. The molecule has 2 aromatic rings. The summed E-state index contributed by atoms with van der Waals surface area (Å²) in [6.07, 6.45) is 10.5. The molecule has 7 nitrogen and oxygen atoms in total. The number of nitrogens with one attached hydrogen (secondary N) is 2. The predicted molar refractivity (Wildman–Crippen MR) is 99.0 cm³/mol. The van der Waals surface area contributed by atoms with Crippen LogP contribution in [0.2, 0.25) is 0 Å². The van der Waals surface area contributed by atoms with E-state index in [0.29, 0.717) is 31.7 Å². The fraction of sp³-hybridized carbons (Fsp3) is 0.526. The fourth-order valence-electron chi connectivity index (χ4n) is 3.25. The quantitative estimate of drug-likeness (QED) is 0.747. The lowest BCUT2D eigenvalue weighted by Gasteiger charge is -2.28. The maximum absolute atomic E-state index is 11.9. The van der Waals surface area contributed by atoms with Crippen LogP contribution in [0.25, 0.3) is 5.82 Å². The number of urea groups is 1. The van der Waals surface area contributed by atoms with E-state index >= 15 is 0 Å². The monoisotopic (exact) mass is 357 g/mol. The number of hydrogen-bond donors (Lipinski definition) is 2. The van der Waals surface area contributed by atoms with Gasteiger partial charge in [0.1, 0.15) is 0 Å². The Morgan fingerprint density at radius 2 is 2.19 bits per heavy atom. The molecule has 0 aliphatic heterocycles. The minimum Gasteiger partial charge on any atom is -0.376 e. The number of ether oxygens (including phenoxy) is 1. The zero-order valence-corrected chi connectivity index (χ0v) is 15.2. The average molecular weight is 357 g/mol. The van der Waals surface area contributed by atoms with E-state index in [1.54, 1.807) is 17.1 Å². The maximum Gasteiger partial charge on any atom is 0.315 e. The largest absolute Gasteiger partial charge is 0.376 e. The van der Waals surface area contributed by atoms with E-state index in [1.807, 2.05) is 24.4 Å². The molecular weight excluding hydrogens is 330 g/mol. The van der Waals surface area contributed by atoms with E-state index in [-0.39, 0.29) is 6.03 Å². The summed E-state index contributed by atoms with van der Waals surface area (Å²) in [5.74, 6) is 1.35. The van der Waals surface area contributed by atoms with Crippen LogP contribution in [-0.2, 0) is 11.3 Å². The van der Waals surface area contributed by atoms with Crippen molar-refractivity contribution in [1.29, 1.82) is 0 Å². The van der Waals surface area contributed by atoms with Gasteiger partial charge in [-0.25, -0.2) is 14.5 Å². The Hall–Kier alpha value is -2.41. The lowest BCUT2D eigenvalue weighted by Crippen LogP contribution is -2.38. The number of carbonyl (C=O) groups is 1. The van der Waals surface area contributed by atoms with Crippen LogP contribution < -0.4 is 10.6 Å². The van der Waals surface area contributed by atoms with Crippen molar-refractivity contribution in [3.8, 4) is 5.82 Å². The average Bonchev–Trinajstić information content (AvgIpc) is 3.20. The van der Waals surface area contributed by atoms with E-state index in [0.717, 1.165) is 17.8 Å². The van der Waals surface area contributed by atoms with Crippen LogP contribution in [0.3, 0.4) is 0 Å². The summed E-state index contributed by atoms with van der Waals surface area (Å²) in [5, 5.41) is 9.85. The van der Waals surface area contributed by atoms with Crippen molar-refractivity contribution in [1.82, 2.24) is 25.4 Å². The lowest BCUT2D eigenvalue weighted by molar-refractivity contribution is -0.00243. The first-order valence-electron chi connectivity index (χ1n) is 9.30. The summed E-state index contributed by atoms with van der Waals surface area (Å²) >= 11 is 0. The number of aromatic nitrogens is 3. The molecule has 2 aromatic heterocycles. The maximum atomic E-state index is 11.9. The number of pyridine rings is 1. The van der Waals surface area contributed by atoms with Crippen molar-refractivity contribution in [2.75, 3.05) is 13.2 Å². The molecule has 2 N–H and O–H groups in total. The standard InChI is InChI=1S/C19H27N5O2/c1-15-5-2-3-6-17(15)26-12-10-21-19(25)22-14-16-7-9-20-18(13-16)24-11-4-8-23-24/h4,7-9,11,13,15,17H,2-3,5-6,10,12,14H2,1H3,(H2,21,22,25). The zero-order chi connectivity index (χ0) is 18.2. The third-order valence-electron chi connectivity index (χ3n) is 4.75. The van der Waals surface area contributed by atoms with E-state index in [2.05, 4.69) is 27.6 Å². The van der Waals surface area contributed by atoms with Gasteiger partial charge in [0.05, 0.1) is 12.7 Å². The molecule has 2 heterocycles. The van der Waals surface area contributed by atoms with Gasteiger partial charge in [-0.15, -0.1) is 0 Å². The van der Waals surface area contributed by atoms with E-state index < -0.39 is 0 Å². The number of rotatable bonds is 7. The first kappa shape index (κ1) is 18.4. The molecule has 0 bridgehead atoms. The summed E-state index contributed by atoms with van der Waals surface area (Å²) < 4.78 is 7.59. The fourth-order valence-corrected chi connectivity index (χ4v) is 3.25. The summed E-state index contributed by atoms with van der Waals surface area (Å²) in [6.45, 7) is 3.75. The van der Waals surface area contributed by atoms with Crippen molar-refractivity contribution in [3.63, 3.8) is 0 Å². The first-order chi connectivity index (χ1) is 12.7. The van der Waals surface area contributed by atoms with Gasteiger partial charge in [0.15, 0.2) is 5.82 Å². The lowest BCUT2D eigenvalue weighted by atomic mass is 9.88. The normalized spacial score (nSPS) is 19.9. The van der Waals surface area contributed by atoms with Crippen LogP contribution in [-0.4, -0.2) is 40.1 Å². The molecule has 0 saturated heterocycles. The second-order valence-corrected chi connectivity index (χ2v) is 6.75. The Kier molecular flexibility index (Phi) is 6.60. The van der Waals surface area contributed by atoms with Gasteiger partial charge in [-0.2, -0.15) is 5.10 Å². The van der Waals surface area contributed by atoms with Crippen LogP contribution in [0.5, 0.6) is 0 Å². The van der Waals surface area contributed by atoms with E-state index in [4.69, 9.17) is 4.74 Å². The molecule has 1 fully saturated rings. The molecule has 0 aromatic carbocycles. The molecular formula is C19H27N5O2. The molecule has 1 aliphatic rings. The second-order valence-electron chi connectivity index (χ2n) is 6.75. The van der Waals surface area contributed by atoms with Gasteiger partial charge in [-0.1, -0.05) is 19.8 Å². The number of carbonyl (C=O) groups excluding carboxylic acids is 1. The Morgan fingerprint density at radius 3 is 3.00 bits per heavy atom. The summed E-state index contributed by atoms with van der Waals surface area (Å²) in [7, 11) is 0. The topological polar surface area (TPSA) is 81.1 Å². The molecule has 7 heteroatoms. The van der Waals surface area contributed by atoms with Gasteiger partial charge < -0.3 is 15.4 Å². The molecule has 1 aliphatic carbocycles. The summed E-state index contributed by atoms with van der Waals surface area (Å²) in [4.78, 5) is 16.2. The van der Waals surface area contributed by atoms with Crippen molar-refractivity contribution in [2.45, 2.75) is 45.3 Å². The van der Waals surface area contributed by atoms with Crippen LogP contribution in [0.1, 0.15) is 38.2 Å². The second kappa shape index (κ2) is 9.33. The first-order valence-corrected chi connectivity index (χ1v) is 9.30. The molecule has 0 spiro atoms. The summed E-state index contributed by atoms with van der Waals surface area (Å²) in [6, 6.07) is 5.43. The highest BCUT2D eigenvalue weighted by molar-refractivity contribution is 5.73. The van der Waals surface area contributed by atoms with E-state index in [9.17, 15) is 4.79 Å². The Morgan fingerprint density at radius 1 is 1.31 bits per heavy atom. The van der Waals surface area contributed by atoms with Crippen molar-refractivity contribution < 1.29 is 9.53 Å². The highest BCUT2D eigenvalue weighted by Crippen LogP contribution is 2.25. The minimum atomic E-state index is -0.192. The summed E-state index contributed by atoms with van der Waals surface area (Å²) in [5.41, 5.74) is 0.966. The highest BCUT2D eigenvalue weighted by Gasteiger charge is 2.21. The smallest absolute Gasteiger partial charge is 0.315 e. The third-order valence-corrected chi connectivity index (χ3v) is 4.75. The van der Waals surface area contributed by atoms with Gasteiger partial charge >= 0.3 is 6.03 Å². The van der Waals surface area contributed by atoms with Crippen LogP contribution >= 0.6 is 0 Å². The Labute approximate surface area is 154 Å². The molecule has 0 radical (unpaired) electrons. The van der Waals surface area contributed by atoms with Crippen LogP contribution in [0, 0.1) is 5.92 Å². The zero-order valence-electron chi connectivity index (χ0n) is 15.2. The van der Waals surface area contributed by atoms with Crippen LogP contribution in [0.15, 0.2) is 36.8 Å². The van der Waals surface area contributed by atoms with Gasteiger partial charge in [-0.3, -0.25) is 0 Å². The molecule has 1 saturated carbocycles. The molecule has 26 heavy (non-hydrogen) atoms. The molecule has 3 rings (SSSR count). The van der Waals surface area contributed by atoms with Gasteiger partial charge in [0, 0.05) is 31.7 Å². The third kappa shape index (κ3) is 5.29. The Balaban J connectivity index is 1.36. The van der Waals surface area contributed by atoms with Crippen molar-refractivity contribution >= 4 is 6.03 Å². The molecule has 140 valence electrons. The van der Waals surface area contributed by atoms with Crippen LogP contribution in [0.4, 0.5) is 4.79 Å².